The molecule has 126 heavy (non-hydrogen) atoms. The maximum absolute atomic E-state index is 2.27. The second kappa shape index (κ2) is 247. The molecule has 0 saturated carbocycles. The number of nitrogens with zero attached hydrogens (tertiary/aromatic N) is 9. The Morgan fingerprint density at radius 3 is 0.0794 bits per heavy atom. The normalized spacial score (nSPS) is 7.71. The molecule has 855 valence electrons. The summed E-state index contributed by atoms with van der Waals surface area (Å²) in [5.41, 5.74) is 0. The Morgan fingerprint density at radius 2 is 0.0794 bits per heavy atom. The van der Waals surface area contributed by atoms with Crippen LogP contribution >= 0.6 is 0 Å². The first-order valence-electron chi connectivity index (χ1n) is 36.8. The average Bonchev–Trinajstić information content (AvgIpc) is 3.55. The third-order valence-electron chi connectivity index (χ3n) is 24.1. The molecule has 0 atom stereocenters. The van der Waals surface area contributed by atoms with E-state index in [1.807, 2.05) is 0 Å². The quantitative estimate of drug-likeness (QED) is 0.0549. The predicted octanol–water partition coefficient (Wildman–Crippen LogP) is 16.8. The van der Waals surface area contributed by atoms with Gasteiger partial charge in [0, 0.05) is 184 Å². The van der Waals surface area contributed by atoms with E-state index in [4.69, 9.17) is 0 Å². The van der Waals surface area contributed by atoms with Crippen LogP contribution in [0.1, 0.15) is 249 Å². The molecule has 0 rings (SSSR count). The fourth-order valence-corrected chi connectivity index (χ4v) is 12.1. The molecule has 54 heteroatoms. The van der Waals surface area contributed by atoms with Crippen molar-refractivity contribution < 1.29 is 224 Å². The van der Waals surface area contributed by atoms with E-state index in [2.05, 4.69) is 249 Å². The maximum Gasteiger partial charge on any atom is 0.0757 e. The van der Waals surface area contributed by atoms with E-state index in [1.54, 1.807) is 0 Å². The van der Waals surface area contributed by atoms with E-state index in [0.29, 0.717) is 0 Å². The summed E-state index contributed by atoms with van der Waals surface area (Å²) < 4.78 is 11.5. The van der Waals surface area contributed by atoms with Gasteiger partial charge in [0.05, 0.1) is 236 Å². The van der Waals surface area contributed by atoms with Gasteiger partial charge in [-0.3, -0.25) is 0 Å². The molecule has 0 fully saturated rings. The predicted molar refractivity (Wildman–Crippen MR) is 647 cm³/mol. The Kier molecular flexibility index (Phi) is 713. The van der Waals surface area contributed by atoms with Crippen molar-refractivity contribution in [2.24, 2.45) is 0 Å². The fourth-order valence-electron chi connectivity index (χ4n) is 12.1. The Morgan fingerprint density at radius 1 is 0.0635 bits per heavy atom. The summed E-state index contributed by atoms with van der Waals surface area (Å²) in [7, 11) is 0. The minimum absolute atomic E-state index is 0. The number of rotatable bonds is 36. The van der Waals surface area contributed by atoms with Crippen molar-refractivity contribution in [3.8, 4) is 0 Å². The zero-order valence-corrected chi connectivity index (χ0v) is 137. The summed E-state index contributed by atoms with van der Waals surface area (Å²) in [6.07, 6.45) is 0. The molecule has 0 saturated heterocycles. The molecule has 0 bridgehead atoms. The van der Waals surface area contributed by atoms with Gasteiger partial charge in [0.25, 0.3) is 0 Å². The SMILES string of the molecule is CC[N+](CC)(CC)CC.CC[N+](CC)(CC)CC.CC[N+](CC)(CC)CC.CC[N+](CC)(CC)CC.CC[N+](CC)(CC)CC.CC[N+](CC)(CC)CC.CC[N+](CC)(CC)CC.CC[N+](CC)(CC)CC.CC[N+](CC)(CC)CC.[Re].[Re].[Re].[Re].[Re].[Re].[Re].[Re].[Re].[S-2].[S-2].[S-2].[S-2].[S-2].[S-2].[S-2].[S-2].[S-2].[S-2].[S-2].[S-2].[S-2].[S-2].[S-2].[S-2].[S-2].[S-2].[S-2].[S-2].[S-2].[S-2].[S-2].[S-2].[S-2].[S-2].[S-2].[S-2].[S-2].[S-2].[S-2].[S-2].[S-2].[S-2].[S-2].[S-2]. The average molecular weight is 4000 g/mol. The first-order valence-corrected chi connectivity index (χ1v) is 36.8. The summed E-state index contributed by atoms with van der Waals surface area (Å²) in [5, 5.41) is 0. The van der Waals surface area contributed by atoms with Gasteiger partial charge in [0.1, 0.15) is 0 Å². The first kappa shape index (κ1) is 363. The molecule has 0 aromatic heterocycles. The van der Waals surface area contributed by atoms with Crippen molar-refractivity contribution in [2.75, 3.05) is 236 Å². The third-order valence-corrected chi connectivity index (χ3v) is 24.1. The van der Waals surface area contributed by atoms with E-state index in [-0.39, 0.29) is 670 Å². The smallest absolute Gasteiger partial charge is 0.0757 e. The van der Waals surface area contributed by atoms with Crippen LogP contribution in [0.15, 0.2) is 0 Å². The Bertz CT molecular complexity index is 863. The Hall–Kier alpha value is 18.2. The minimum Gasteiger partial charge on any atom is -2.00 e. The second-order valence-corrected chi connectivity index (χ2v) is 23.5. The molecule has 0 unspecified atom stereocenters. The van der Waals surface area contributed by atoms with Crippen LogP contribution in [-0.2, 0) is 670 Å². The number of hydrogen-bond donors (Lipinski definition) is 0. The van der Waals surface area contributed by atoms with Crippen LogP contribution in [0.4, 0.5) is 0 Å². The molecule has 0 heterocycles. The zero-order chi connectivity index (χ0) is 66.0. The molecule has 0 spiro atoms. The van der Waals surface area contributed by atoms with Gasteiger partial charge in [-0.25, -0.2) is 0 Å². The van der Waals surface area contributed by atoms with E-state index in [9.17, 15) is 0 Å². The standard InChI is InChI=1S/9C8H20N.9Re.36S/c9*1-5-9(6-2,7-3)8-4;;;;;;;;;;;;;;;;;;;;;;;;;;;;;;;;;;;;;;;;;;;;;/h9*5-8H2,1-4H3;;;;;;;;;;;;;;;;;;;;;;;;;;;;;;;;;;;;;;;;;;;;;/q9*+1;;;;;;;;;;36*-2. The van der Waals surface area contributed by atoms with Crippen LogP contribution < -0.4 is 0 Å². The first-order chi connectivity index (χ1) is 38.2. The molecule has 0 aliphatic heterocycles. The summed E-state index contributed by atoms with van der Waals surface area (Å²) >= 11 is 0. The summed E-state index contributed by atoms with van der Waals surface area (Å²) in [6, 6.07) is 0. The monoisotopic (exact) mass is 4010 g/mol. The Labute approximate surface area is 1180 Å². The van der Waals surface area contributed by atoms with E-state index in [1.165, 1.54) is 276 Å². The van der Waals surface area contributed by atoms with Crippen LogP contribution in [0.5, 0.6) is 0 Å². The van der Waals surface area contributed by atoms with Crippen LogP contribution in [-0.4, -0.2) is 276 Å². The fraction of sp³-hybridized carbons (Fsp3) is 1.00. The van der Waals surface area contributed by atoms with E-state index in [0.717, 1.165) is 0 Å². The molecule has 0 amide bonds. The van der Waals surface area contributed by atoms with Crippen molar-refractivity contribution in [1.29, 1.82) is 0 Å². The van der Waals surface area contributed by atoms with Crippen molar-refractivity contribution >= 4 is 486 Å². The van der Waals surface area contributed by atoms with Gasteiger partial charge in [-0.2, -0.15) is 0 Å². The largest absolute Gasteiger partial charge is 2.00 e. The van der Waals surface area contributed by atoms with Crippen molar-refractivity contribution in [3.63, 3.8) is 0 Å². The van der Waals surface area contributed by atoms with Gasteiger partial charge < -0.3 is 526 Å². The van der Waals surface area contributed by atoms with Gasteiger partial charge in [0.2, 0.25) is 0 Å². The van der Waals surface area contributed by atoms with Gasteiger partial charge in [0.15, 0.2) is 0 Å². The van der Waals surface area contributed by atoms with Crippen molar-refractivity contribution in [2.45, 2.75) is 249 Å². The van der Waals surface area contributed by atoms with Gasteiger partial charge >= 0.3 is 0 Å². The van der Waals surface area contributed by atoms with Gasteiger partial charge in [-0.1, -0.05) is 0 Å². The molecule has 0 aromatic carbocycles. The third kappa shape index (κ3) is 178. The minimum atomic E-state index is 0. The second-order valence-electron chi connectivity index (χ2n) is 23.5. The summed E-state index contributed by atoms with van der Waals surface area (Å²) in [4.78, 5) is 0. The molecular weight excluding hydrogens is 3820 g/mol. The molecule has 9 nitrogen and oxygen atoms in total. The molecule has 0 aliphatic rings. The number of quaternary nitrogens is 9. The summed E-state index contributed by atoms with van der Waals surface area (Å²) in [6.45, 7) is 128. The zero-order valence-electron chi connectivity index (χ0n) is 83.6. The van der Waals surface area contributed by atoms with E-state index < -0.39 is 0 Å². The van der Waals surface area contributed by atoms with E-state index >= 15 is 0 Å². The molecule has 0 aromatic rings. The number of hydrogen-bond acceptors (Lipinski definition) is 0. The molecular formula is C72H180N9Re9S36-63. The molecule has 0 aliphatic carbocycles. The van der Waals surface area contributed by atoms with Crippen LogP contribution in [0.3, 0.4) is 0 Å². The Balaban J connectivity index is -0.00000000852. The van der Waals surface area contributed by atoms with Crippen LogP contribution in [0.25, 0.3) is 0 Å². The van der Waals surface area contributed by atoms with Crippen molar-refractivity contribution in [1.82, 2.24) is 0 Å². The van der Waals surface area contributed by atoms with Gasteiger partial charge in [-0.05, 0) is 249 Å². The molecule has 0 N–H and O–H groups in total. The maximum atomic E-state index is 2.27. The van der Waals surface area contributed by atoms with Crippen molar-refractivity contribution in [3.05, 3.63) is 0 Å². The van der Waals surface area contributed by atoms with Crippen LogP contribution in [0, 0.1) is 0 Å². The van der Waals surface area contributed by atoms with Crippen LogP contribution in [0.2, 0.25) is 0 Å². The molecule has 9 radical (unpaired) electrons. The topological polar surface area (TPSA) is 0 Å². The summed E-state index contributed by atoms with van der Waals surface area (Å²) in [5.74, 6) is 0. The van der Waals surface area contributed by atoms with Gasteiger partial charge in [-0.15, -0.1) is 0 Å².